The van der Waals surface area contributed by atoms with Crippen LogP contribution in [0.25, 0.3) is 0 Å². The Bertz CT molecular complexity index is 1100. The number of Topliss-reactive ketones (excluding diaryl/α,β-unsaturated/α-hetero) is 1. The van der Waals surface area contributed by atoms with Gasteiger partial charge in [-0.15, -0.1) is 0 Å². The molecule has 2 unspecified atom stereocenters. The quantitative estimate of drug-likeness (QED) is 0.520. The molecule has 6 rings (SSSR count). The lowest BCUT2D eigenvalue weighted by atomic mass is 9.43. The smallest absolute Gasteiger partial charge is 0.244 e. The number of rotatable bonds is 7. The molecule has 1 amide bonds. The fourth-order valence-corrected chi connectivity index (χ4v) is 10.7. The van der Waals surface area contributed by atoms with Crippen molar-refractivity contribution in [2.45, 2.75) is 87.5 Å². The van der Waals surface area contributed by atoms with Crippen LogP contribution in [0.1, 0.15) is 77.0 Å². The molecule has 5 aliphatic rings. The fourth-order valence-electron chi connectivity index (χ4n) is 8.10. The minimum Gasteiger partial charge on any atom is -0.369 e. The van der Waals surface area contributed by atoms with Crippen LogP contribution in [0.15, 0.2) is 23.1 Å². The number of halogens is 2. The molecule has 0 spiro atoms. The average molecular weight is 528 g/mol. The first-order valence-corrected chi connectivity index (χ1v) is 14.5. The van der Waals surface area contributed by atoms with E-state index in [2.05, 4.69) is 4.72 Å². The van der Waals surface area contributed by atoms with E-state index in [1.807, 2.05) is 0 Å². The molecule has 0 aromatic heterocycles. The van der Waals surface area contributed by atoms with Gasteiger partial charge in [0.1, 0.15) is 4.90 Å². The summed E-state index contributed by atoms with van der Waals surface area (Å²) in [6.45, 7) is 0. The highest BCUT2D eigenvalue weighted by atomic mass is 35.5. The van der Waals surface area contributed by atoms with E-state index in [9.17, 15) is 18.0 Å². The SMILES string of the molecule is NC(=O)C12CC3CC(CC(CC(=O)C4(NS(=O)(=O)c5c(Cl)cccc5Cl)CCCCC4)(C3)C1)C2. The summed E-state index contributed by atoms with van der Waals surface area (Å²) >= 11 is 12.4. The minimum absolute atomic E-state index is 0.0305. The van der Waals surface area contributed by atoms with Crippen LogP contribution >= 0.6 is 23.2 Å². The van der Waals surface area contributed by atoms with Crippen molar-refractivity contribution >= 4 is 44.9 Å². The summed E-state index contributed by atoms with van der Waals surface area (Å²) in [6.07, 6.45) is 8.95. The van der Waals surface area contributed by atoms with E-state index in [-0.39, 0.29) is 38.5 Å². The molecule has 3 N–H and O–H groups in total. The predicted octanol–water partition coefficient (Wildman–Crippen LogP) is 5.01. The maximum Gasteiger partial charge on any atom is 0.244 e. The Morgan fingerprint density at radius 2 is 1.59 bits per heavy atom. The van der Waals surface area contributed by atoms with Crippen molar-refractivity contribution in [1.82, 2.24) is 4.72 Å². The molecular weight excluding hydrogens is 495 g/mol. The topological polar surface area (TPSA) is 106 Å². The van der Waals surface area contributed by atoms with Crippen LogP contribution < -0.4 is 10.5 Å². The summed E-state index contributed by atoms with van der Waals surface area (Å²) < 4.78 is 29.7. The molecule has 0 heterocycles. The van der Waals surface area contributed by atoms with Crippen LogP contribution in [0.3, 0.4) is 0 Å². The van der Waals surface area contributed by atoms with Crippen molar-refractivity contribution in [3.05, 3.63) is 28.2 Å². The first kappa shape index (κ1) is 24.5. The Kier molecular flexibility index (Phi) is 6.11. The third-order valence-electron chi connectivity index (χ3n) is 9.00. The standard InChI is InChI=1S/C25H32Cl2N2O4S/c26-18-5-4-6-19(27)21(18)34(32,33)29-25(7-2-1-3-8-25)20(30)14-23-10-16-9-17(11-23)13-24(12-16,15-23)22(28)31/h4-6,16-17,29H,1-3,7-15H2,(H2,28,31). The zero-order valence-corrected chi connectivity index (χ0v) is 21.6. The van der Waals surface area contributed by atoms with E-state index in [0.717, 1.165) is 51.4 Å². The second-order valence-corrected chi connectivity index (χ2v) is 13.9. The monoisotopic (exact) mass is 526 g/mol. The van der Waals surface area contributed by atoms with Crippen molar-refractivity contribution in [3.63, 3.8) is 0 Å². The van der Waals surface area contributed by atoms with Crippen molar-refractivity contribution in [2.24, 2.45) is 28.4 Å². The lowest BCUT2D eigenvalue weighted by Gasteiger charge is -2.61. The Labute approximate surface area is 211 Å². The third-order valence-corrected chi connectivity index (χ3v) is 11.5. The number of primary amides is 1. The van der Waals surface area contributed by atoms with E-state index >= 15 is 0 Å². The first-order chi connectivity index (χ1) is 16.0. The molecule has 0 saturated heterocycles. The lowest BCUT2D eigenvalue weighted by Crippen LogP contribution is -2.60. The minimum atomic E-state index is -4.13. The maximum absolute atomic E-state index is 14.0. The van der Waals surface area contributed by atoms with E-state index < -0.39 is 21.0 Å². The molecule has 0 aliphatic heterocycles. The molecular formula is C25H32Cl2N2O4S. The van der Waals surface area contributed by atoms with Gasteiger partial charge in [-0.2, -0.15) is 4.72 Å². The number of benzene rings is 1. The zero-order valence-electron chi connectivity index (χ0n) is 19.2. The number of nitrogens with two attached hydrogens (primary N) is 1. The molecule has 5 saturated carbocycles. The molecule has 1 aromatic rings. The molecule has 6 nitrogen and oxygen atoms in total. The number of carbonyl (C=O) groups excluding carboxylic acids is 2. The van der Waals surface area contributed by atoms with Crippen molar-refractivity contribution in [1.29, 1.82) is 0 Å². The highest BCUT2D eigenvalue weighted by Gasteiger charge is 2.61. The molecule has 5 aliphatic carbocycles. The molecule has 2 atom stereocenters. The van der Waals surface area contributed by atoms with Gasteiger partial charge in [0.2, 0.25) is 15.9 Å². The van der Waals surface area contributed by atoms with Gasteiger partial charge in [0, 0.05) is 6.42 Å². The number of ketones is 1. The highest BCUT2D eigenvalue weighted by Crippen LogP contribution is 2.66. The number of hydrogen-bond acceptors (Lipinski definition) is 4. The molecule has 0 radical (unpaired) electrons. The van der Waals surface area contributed by atoms with Crippen LogP contribution in [0.2, 0.25) is 10.0 Å². The predicted molar refractivity (Wildman–Crippen MR) is 131 cm³/mol. The van der Waals surface area contributed by atoms with Crippen LogP contribution in [0, 0.1) is 22.7 Å². The van der Waals surface area contributed by atoms with Gasteiger partial charge in [-0.1, -0.05) is 48.5 Å². The van der Waals surface area contributed by atoms with Gasteiger partial charge < -0.3 is 5.73 Å². The van der Waals surface area contributed by atoms with Gasteiger partial charge in [-0.3, -0.25) is 9.59 Å². The summed E-state index contributed by atoms with van der Waals surface area (Å²) in [5.74, 6) is 0.533. The largest absolute Gasteiger partial charge is 0.369 e. The van der Waals surface area contributed by atoms with Crippen molar-refractivity contribution < 1.29 is 18.0 Å². The third kappa shape index (κ3) is 4.10. The Balaban J connectivity index is 1.45. The van der Waals surface area contributed by atoms with E-state index in [0.29, 0.717) is 31.1 Å². The van der Waals surface area contributed by atoms with Gasteiger partial charge in [0.25, 0.3) is 0 Å². The fraction of sp³-hybridized carbons (Fsp3) is 0.680. The van der Waals surface area contributed by atoms with Gasteiger partial charge in [0.15, 0.2) is 5.78 Å². The molecule has 9 heteroatoms. The normalized spacial score (nSPS) is 34.2. The lowest BCUT2D eigenvalue weighted by molar-refractivity contribution is -0.159. The number of carbonyl (C=O) groups is 2. The number of amides is 1. The Hall–Kier alpha value is -1.15. The van der Waals surface area contributed by atoms with Crippen LogP contribution in [-0.2, 0) is 19.6 Å². The number of nitrogens with one attached hydrogen (secondary N) is 1. The zero-order chi connectivity index (χ0) is 24.4. The van der Waals surface area contributed by atoms with Crippen molar-refractivity contribution in [3.8, 4) is 0 Å². The summed E-state index contributed by atoms with van der Waals surface area (Å²) in [6, 6.07) is 4.55. The summed E-state index contributed by atoms with van der Waals surface area (Å²) in [5, 5.41) is 0.0609. The second-order valence-electron chi connectivity index (χ2n) is 11.5. The Morgan fingerprint density at radius 3 is 2.15 bits per heavy atom. The summed E-state index contributed by atoms with van der Waals surface area (Å²) in [5.41, 5.74) is 3.93. The van der Waals surface area contributed by atoms with E-state index in [1.165, 1.54) is 12.1 Å². The average Bonchev–Trinajstić information content (AvgIpc) is 2.72. The van der Waals surface area contributed by atoms with Gasteiger partial charge >= 0.3 is 0 Å². The van der Waals surface area contributed by atoms with Gasteiger partial charge in [-0.25, -0.2) is 8.42 Å². The van der Waals surface area contributed by atoms with Crippen LogP contribution in [0.5, 0.6) is 0 Å². The maximum atomic E-state index is 14.0. The molecule has 34 heavy (non-hydrogen) atoms. The van der Waals surface area contributed by atoms with Gasteiger partial charge in [-0.05, 0) is 80.8 Å². The number of hydrogen-bond donors (Lipinski definition) is 2. The van der Waals surface area contributed by atoms with E-state index in [4.69, 9.17) is 28.9 Å². The molecule has 4 bridgehead atoms. The van der Waals surface area contributed by atoms with Crippen molar-refractivity contribution in [2.75, 3.05) is 0 Å². The van der Waals surface area contributed by atoms with E-state index in [1.54, 1.807) is 6.07 Å². The van der Waals surface area contributed by atoms with Crippen LogP contribution in [0.4, 0.5) is 0 Å². The second kappa shape index (κ2) is 8.46. The number of sulfonamides is 1. The first-order valence-electron chi connectivity index (χ1n) is 12.3. The summed E-state index contributed by atoms with van der Waals surface area (Å²) in [4.78, 5) is 26.3. The molecule has 1 aromatic carbocycles. The molecule has 186 valence electrons. The molecule has 5 fully saturated rings. The highest BCUT2D eigenvalue weighted by molar-refractivity contribution is 7.89. The van der Waals surface area contributed by atoms with Crippen LogP contribution in [-0.4, -0.2) is 25.6 Å². The Morgan fingerprint density at radius 1 is 1.00 bits per heavy atom. The van der Waals surface area contributed by atoms with Gasteiger partial charge in [0.05, 0.1) is 21.0 Å². The summed E-state index contributed by atoms with van der Waals surface area (Å²) in [7, 11) is -4.13.